The summed E-state index contributed by atoms with van der Waals surface area (Å²) < 4.78 is 7.11. The number of benzene rings is 1. The molecule has 130 valence electrons. The van der Waals surface area contributed by atoms with Gasteiger partial charge in [0, 0.05) is 11.2 Å². The van der Waals surface area contributed by atoms with Gasteiger partial charge in [-0.05, 0) is 43.5 Å². The number of hydrogen-bond acceptors (Lipinski definition) is 3. The number of nitrogens with one attached hydrogen (secondary N) is 2. The number of hydrogen-bond donors (Lipinski definition) is 2. The Bertz CT molecular complexity index is 881. The summed E-state index contributed by atoms with van der Waals surface area (Å²) >= 11 is 0. The summed E-state index contributed by atoms with van der Waals surface area (Å²) in [4.78, 5) is 24.4. The number of fused-ring (bicyclic) bond motifs is 1. The van der Waals surface area contributed by atoms with Crippen LogP contribution in [0.25, 0.3) is 10.9 Å². The van der Waals surface area contributed by atoms with Gasteiger partial charge in [-0.3, -0.25) is 9.59 Å². The van der Waals surface area contributed by atoms with E-state index in [2.05, 4.69) is 10.6 Å². The first kappa shape index (κ1) is 16.8. The number of amides is 2. The van der Waals surface area contributed by atoms with Gasteiger partial charge < -0.3 is 19.6 Å². The summed E-state index contributed by atoms with van der Waals surface area (Å²) in [5.41, 5.74) is 2.01. The van der Waals surface area contributed by atoms with E-state index in [0.29, 0.717) is 12.3 Å². The second-order valence-corrected chi connectivity index (χ2v) is 6.02. The average molecular weight is 339 g/mol. The summed E-state index contributed by atoms with van der Waals surface area (Å²) in [5, 5.41) is 6.57. The molecular weight excluding hydrogens is 318 g/mol. The molecule has 2 aromatic heterocycles. The topological polar surface area (TPSA) is 76.3 Å². The molecule has 0 aliphatic heterocycles. The van der Waals surface area contributed by atoms with Gasteiger partial charge in [-0.15, -0.1) is 0 Å². The Kier molecular flexibility index (Phi) is 4.88. The van der Waals surface area contributed by atoms with Crippen molar-refractivity contribution < 1.29 is 14.0 Å². The number of carbonyl (C=O) groups excluding carboxylic acids is 2. The van der Waals surface area contributed by atoms with Crippen molar-refractivity contribution in [2.75, 3.05) is 0 Å². The van der Waals surface area contributed by atoms with Crippen molar-refractivity contribution in [2.45, 2.75) is 33.0 Å². The molecule has 0 radical (unpaired) electrons. The Morgan fingerprint density at radius 1 is 1.20 bits per heavy atom. The number of nitrogens with zero attached hydrogens (tertiary/aromatic N) is 1. The highest BCUT2D eigenvalue weighted by atomic mass is 16.3. The lowest BCUT2D eigenvalue weighted by Crippen LogP contribution is -2.45. The Balaban J connectivity index is 1.57. The van der Waals surface area contributed by atoms with E-state index in [-0.39, 0.29) is 18.4 Å². The zero-order valence-corrected chi connectivity index (χ0v) is 14.3. The molecule has 0 bridgehead atoms. The number of carbonyl (C=O) groups is 2. The van der Waals surface area contributed by atoms with Crippen LogP contribution in [0.1, 0.15) is 18.4 Å². The zero-order chi connectivity index (χ0) is 17.8. The molecule has 25 heavy (non-hydrogen) atoms. The normalized spacial score (nSPS) is 12.1. The lowest BCUT2D eigenvalue weighted by atomic mass is 10.2. The molecule has 0 spiro atoms. The van der Waals surface area contributed by atoms with Gasteiger partial charge in [0.2, 0.25) is 11.8 Å². The van der Waals surface area contributed by atoms with Gasteiger partial charge in [-0.2, -0.15) is 0 Å². The van der Waals surface area contributed by atoms with Crippen LogP contribution >= 0.6 is 0 Å². The summed E-state index contributed by atoms with van der Waals surface area (Å²) in [6.45, 7) is 4.10. The van der Waals surface area contributed by atoms with E-state index >= 15 is 0 Å². The Morgan fingerprint density at radius 3 is 2.76 bits per heavy atom. The molecule has 0 saturated carbocycles. The lowest BCUT2D eigenvalue weighted by molar-refractivity contribution is -0.129. The molecule has 2 amide bonds. The third-order valence-corrected chi connectivity index (χ3v) is 4.11. The van der Waals surface area contributed by atoms with Crippen LogP contribution in [0.2, 0.25) is 0 Å². The van der Waals surface area contributed by atoms with Gasteiger partial charge >= 0.3 is 0 Å². The van der Waals surface area contributed by atoms with Crippen LogP contribution in [0.4, 0.5) is 0 Å². The van der Waals surface area contributed by atoms with E-state index in [0.717, 1.165) is 16.6 Å². The maximum Gasteiger partial charge on any atom is 0.242 e. The van der Waals surface area contributed by atoms with Crippen LogP contribution in [-0.2, 0) is 22.7 Å². The van der Waals surface area contributed by atoms with Crippen LogP contribution in [0.15, 0.2) is 53.1 Å². The van der Waals surface area contributed by atoms with Crippen molar-refractivity contribution in [1.29, 1.82) is 0 Å². The molecule has 0 aliphatic rings. The number of rotatable bonds is 6. The van der Waals surface area contributed by atoms with Gasteiger partial charge in [0.05, 0.1) is 12.8 Å². The van der Waals surface area contributed by atoms with Crippen LogP contribution in [-0.4, -0.2) is 22.4 Å². The van der Waals surface area contributed by atoms with Crippen LogP contribution in [0, 0.1) is 6.92 Å². The van der Waals surface area contributed by atoms with E-state index in [4.69, 9.17) is 4.42 Å². The fraction of sp³-hybridized carbons (Fsp3) is 0.263. The van der Waals surface area contributed by atoms with E-state index in [1.54, 1.807) is 25.3 Å². The third kappa shape index (κ3) is 3.91. The average Bonchev–Trinajstić information content (AvgIpc) is 3.21. The number of aromatic nitrogens is 1. The standard InChI is InChI=1S/C19H21N3O3/c1-13-10-15-6-3-4-8-17(15)22(13)12-18(23)21-14(2)19(24)20-11-16-7-5-9-25-16/h3-10,14H,11-12H2,1-2H3,(H,20,24)(H,21,23)/t14-/m1/s1. The van der Waals surface area contributed by atoms with Crippen molar-refractivity contribution in [1.82, 2.24) is 15.2 Å². The van der Waals surface area contributed by atoms with Gasteiger partial charge in [-0.1, -0.05) is 18.2 Å². The molecule has 2 heterocycles. The first-order valence-corrected chi connectivity index (χ1v) is 8.19. The number of aryl methyl sites for hydroxylation is 1. The van der Waals surface area contributed by atoms with Crippen molar-refractivity contribution >= 4 is 22.7 Å². The smallest absolute Gasteiger partial charge is 0.242 e. The first-order valence-electron chi connectivity index (χ1n) is 8.19. The van der Waals surface area contributed by atoms with Gasteiger partial charge in [-0.25, -0.2) is 0 Å². The van der Waals surface area contributed by atoms with Crippen LogP contribution in [0.3, 0.4) is 0 Å². The lowest BCUT2D eigenvalue weighted by Gasteiger charge is -2.15. The van der Waals surface area contributed by atoms with E-state index in [1.807, 2.05) is 41.8 Å². The molecule has 6 heteroatoms. The van der Waals surface area contributed by atoms with E-state index in [9.17, 15) is 9.59 Å². The Labute approximate surface area is 145 Å². The predicted octanol–water partition coefficient (Wildman–Crippen LogP) is 2.36. The van der Waals surface area contributed by atoms with E-state index in [1.165, 1.54) is 0 Å². The predicted molar refractivity (Wildman–Crippen MR) is 94.8 cm³/mol. The van der Waals surface area contributed by atoms with Crippen LogP contribution in [0.5, 0.6) is 0 Å². The van der Waals surface area contributed by atoms with Gasteiger partial charge in [0.15, 0.2) is 0 Å². The third-order valence-electron chi connectivity index (χ3n) is 4.11. The zero-order valence-electron chi connectivity index (χ0n) is 14.3. The second-order valence-electron chi connectivity index (χ2n) is 6.02. The largest absolute Gasteiger partial charge is 0.467 e. The summed E-state index contributed by atoms with van der Waals surface area (Å²) in [6.07, 6.45) is 1.55. The second kappa shape index (κ2) is 7.25. The van der Waals surface area contributed by atoms with Gasteiger partial charge in [0.1, 0.15) is 18.3 Å². The molecule has 0 unspecified atom stereocenters. The monoisotopic (exact) mass is 339 g/mol. The van der Waals surface area contributed by atoms with Gasteiger partial charge in [0.25, 0.3) is 0 Å². The van der Waals surface area contributed by atoms with E-state index < -0.39 is 6.04 Å². The Morgan fingerprint density at radius 2 is 2.00 bits per heavy atom. The molecule has 0 aliphatic carbocycles. The molecule has 2 N–H and O–H groups in total. The maximum absolute atomic E-state index is 12.3. The molecule has 1 aromatic carbocycles. The molecule has 0 fully saturated rings. The first-order chi connectivity index (χ1) is 12.0. The minimum atomic E-state index is -0.621. The SMILES string of the molecule is Cc1cc2ccccc2n1CC(=O)N[C@H](C)C(=O)NCc1ccco1. The maximum atomic E-state index is 12.3. The molecular formula is C19H21N3O3. The van der Waals surface area contributed by atoms with Crippen molar-refractivity contribution in [2.24, 2.45) is 0 Å². The number of furan rings is 1. The fourth-order valence-corrected chi connectivity index (χ4v) is 2.79. The molecule has 1 atom stereocenters. The molecule has 6 nitrogen and oxygen atoms in total. The minimum Gasteiger partial charge on any atom is -0.467 e. The highest BCUT2D eigenvalue weighted by Crippen LogP contribution is 2.18. The number of para-hydroxylation sites is 1. The van der Waals surface area contributed by atoms with Crippen molar-refractivity contribution in [3.8, 4) is 0 Å². The highest BCUT2D eigenvalue weighted by Gasteiger charge is 2.17. The quantitative estimate of drug-likeness (QED) is 0.724. The summed E-state index contributed by atoms with van der Waals surface area (Å²) in [7, 11) is 0. The fourth-order valence-electron chi connectivity index (χ4n) is 2.79. The Hall–Kier alpha value is -3.02. The molecule has 0 saturated heterocycles. The minimum absolute atomic E-state index is 0.176. The molecule has 3 rings (SSSR count). The molecule has 3 aromatic rings. The van der Waals surface area contributed by atoms with Crippen molar-refractivity contribution in [3.05, 3.63) is 60.2 Å². The highest BCUT2D eigenvalue weighted by molar-refractivity contribution is 5.88. The van der Waals surface area contributed by atoms with Crippen molar-refractivity contribution in [3.63, 3.8) is 0 Å². The van der Waals surface area contributed by atoms with Crippen LogP contribution < -0.4 is 10.6 Å². The summed E-state index contributed by atoms with van der Waals surface area (Å²) in [5.74, 6) is 0.213. The summed E-state index contributed by atoms with van der Waals surface area (Å²) in [6, 6.07) is 12.9.